The molecule has 0 aromatic heterocycles. The first kappa shape index (κ1) is 9.13. The average Bonchev–Trinajstić information content (AvgIpc) is 2.03. The fraction of sp³-hybridized carbons (Fsp3) is 0.833. The predicted octanol–water partition coefficient (Wildman–Crippen LogP) is 0.731. The quantitative estimate of drug-likeness (QED) is 0.515. The van der Waals surface area contributed by atoms with Crippen LogP contribution in [-0.2, 0) is 4.74 Å². The zero-order valence-electron chi connectivity index (χ0n) is 6.14. The van der Waals surface area contributed by atoms with Gasteiger partial charge >= 0.3 is 6.18 Å². The third-order valence-corrected chi connectivity index (χ3v) is 1.63. The molecule has 1 heterocycles. The van der Waals surface area contributed by atoms with Gasteiger partial charge in [0.2, 0.25) is 0 Å². The SMILES string of the molecule is N#CN1CCOC[C@@H]1C(F)(F)F. The maximum Gasteiger partial charge on any atom is 0.411 e. The number of hydrogen-bond donors (Lipinski definition) is 0. The average molecular weight is 180 g/mol. The molecule has 1 aliphatic rings. The van der Waals surface area contributed by atoms with Crippen LogP contribution in [0.4, 0.5) is 13.2 Å². The van der Waals surface area contributed by atoms with Crippen LogP contribution in [0.3, 0.4) is 0 Å². The third-order valence-electron chi connectivity index (χ3n) is 1.63. The van der Waals surface area contributed by atoms with Crippen LogP contribution in [0.1, 0.15) is 0 Å². The summed E-state index contributed by atoms with van der Waals surface area (Å²) < 4.78 is 40.9. The molecule has 0 aromatic rings. The summed E-state index contributed by atoms with van der Waals surface area (Å²) in [5, 5.41) is 8.35. The number of halogens is 3. The zero-order valence-corrected chi connectivity index (χ0v) is 6.14. The molecule has 12 heavy (non-hydrogen) atoms. The Labute approximate surface area is 67.3 Å². The summed E-state index contributed by atoms with van der Waals surface area (Å²) in [6.45, 7) is -0.252. The topological polar surface area (TPSA) is 36.3 Å². The lowest BCUT2D eigenvalue weighted by Crippen LogP contribution is -2.51. The number of alkyl halides is 3. The van der Waals surface area contributed by atoms with Gasteiger partial charge in [0.25, 0.3) is 0 Å². The highest BCUT2D eigenvalue weighted by molar-refractivity contribution is 4.89. The van der Waals surface area contributed by atoms with Gasteiger partial charge in [-0.05, 0) is 0 Å². The zero-order chi connectivity index (χ0) is 9.19. The van der Waals surface area contributed by atoms with Gasteiger partial charge in [-0.2, -0.15) is 18.4 Å². The van der Waals surface area contributed by atoms with E-state index in [-0.39, 0.29) is 13.2 Å². The van der Waals surface area contributed by atoms with Gasteiger partial charge in [0, 0.05) is 0 Å². The van der Waals surface area contributed by atoms with E-state index >= 15 is 0 Å². The molecule has 1 atom stereocenters. The van der Waals surface area contributed by atoms with Crippen molar-refractivity contribution in [2.24, 2.45) is 0 Å². The normalized spacial score (nSPS) is 25.2. The highest BCUT2D eigenvalue weighted by Crippen LogP contribution is 2.26. The second-order valence-corrected chi connectivity index (χ2v) is 2.43. The molecule has 0 bridgehead atoms. The fourth-order valence-electron chi connectivity index (χ4n) is 0.995. The molecular weight excluding hydrogens is 173 g/mol. The van der Waals surface area contributed by atoms with E-state index in [1.165, 1.54) is 6.19 Å². The van der Waals surface area contributed by atoms with Crippen molar-refractivity contribution in [3.8, 4) is 6.19 Å². The first-order valence-corrected chi connectivity index (χ1v) is 3.36. The maximum absolute atomic E-state index is 12.1. The van der Waals surface area contributed by atoms with Crippen LogP contribution in [0, 0.1) is 11.5 Å². The van der Waals surface area contributed by atoms with Gasteiger partial charge < -0.3 is 4.74 Å². The Kier molecular flexibility index (Phi) is 2.43. The monoisotopic (exact) mass is 180 g/mol. The third kappa shape index (κ3) is 1.80. The lowest BCUT2D eigenvalue weighted by atomic mass is 10.2. The summed E-state index contributed by atoms with van der Waals surface area (Å²) >= 11 is 0. The smallest absolute Gasteiger partial charge is 0.377 e. The molecule has 0 amide bonds. The molecule has 0 radical (unpaired) electrons. The lowest BCUT2D eigenvalue weighted by molar-refractivity contribution is -0.201. The number of hydrogen-bond acceptors (Lipinski definition) is 3. The van der Waals surface area contributed by atoms with Crippen LogP contribution in [0.5, 0.6) is 0 Å². The molecule has 3 nitrogen and oxygen atoms in total. The Morgan fingerprint density at radius 1 is 1.50 bits per heavy atom. The largest absolute Gasteiger partial charge is 0.411 e. The van der Waals surface area contributed by atoms with Gasteiger partial charge in [0.05, 0.1) is 19.8 Å². The Bertz CT molecular complexity index is 198. The summed E-state index contributed by atoms with van der Waals surface area (Å²) in [6.07, 6.45) is -2.88. The lowest BCUT2D eigenvalue weighted by Gasteiger charge is -2.32. The molecule has 1 rings (SSSR count). The van der Waals surface area contributed by atoms with E-state index in [1.54, 1.807) is 0 Å². The number of nitrogens with zero attached hydrogens (tertiary/aromatic N) is 2. The molecule has 0 aromatic carbocycles. The number of nitriles is 1. The first-order valence-electron chi connectivity index (χ1n) is 3.36. The fourth-order valence-corrected chi connectivity index (χ4v) is 0.995. The molecule has 0 aliphatic carbocycles. The minimum Gasteiger partial charge on any atom is -0.377 e. The Morgan fingerprint density at radius 3 is 2.58 bits per heavy atom. The summed E-state index contributed by atoms with van der Waals surface area (Å²) in [5.41, 5.74) is 0. The summed E-state index contributed by atoms with van der Waals surface area (Å²) in [7, 11) is 0. The van der Waals surface area contributed by atoms with Crippen molar-refractivity contribution in [1.29, 1.82) is 5.26 Å². The second-order valence-electron chi connectivity index (χ2n) is 2.43. The van der Waals surface area contributed by atoms with Crippen molar-refractivity contribution in [1.82, 2.24) is 4.90 Å². The minimum atomic E-state index is -4.38. The van der Waals surface area contributed by atoms with Crippen molar-refractivity contribution in [2.45, 2.75) is 12.2 Å². The van der Waals surface area contributed by atoms with Crippen molar-refractivity contribution in [3.63, 3.8) is 0 Å². The highest BCUT2D eigenvalue weighted by atomic mass is 19.4. The Balaban J connectivity index is 2.67. The van der Waals surface area contributed by atoms with Crippen molar-refractivity contribution in [3.05, 3.63) is 0 Å². The summed E-state index contributed by atoms with van der Waals surface area (Å²) in [4.78, 5) is 0.698. The van der Waals surface area contributed by atoms with Gasteiger partial charge in [-0.15, -0.1) is 0 Å². The number of ether oxygens (including phenoxy) is 1. The second kappa shape index (κ2) is 3.19. The van der Waals surface area contributed by atoms with Crippen molar-refractivity contribution < 1.29 is 17.9 Å². The minimum absolute atomic E-state index is 0.0146. The number of rotatable bonds is 0. The van der Waals surface area contributed by atoms with Gasteiger partial charge in [0.1, 0.15) is 0 Å². The predicted molar refractivity (Wildman–Crippen MR) is 33.0 cm³/mol. The van der Waals surface area contributed by atoms with Crippen LogP contribution in [0.15, 0.2) is 0 Å². The molecule has 0 saturated carbocycles. The molecule has 1 saturated heterocycles. The van der Waals surface area contributed by atoms with E-state index in [4.69, 9.17) is 5.26 Å². The molecule has 0 unspecified atom stereocenters. The van der Waals surface area contributed by atoms with Crippen LogP contribution in [-0.4, -0.2) is 36.9 Å². The standard InChI is InChI=1S/C6H7F3N2O/c7-6(8,9)5-3-12-2-1-11(5)4-10/h5H,1-3H2/t5-/m1/s1. The molecule has 0 N–H and O–H groups in total. The van der Waals surface area contributed by atoms with Crippen molar-refractivity contribution in [2.75, 3.05) is 19.8 Å². The summed E-state index contributed by atoms with van der Waals surface area (Å²) in [6, 6.07) is -1.77. The molecule has 1 aliphatic heterocycles. The van der Waals surface area contributed by atoms with Crippen LogP contribution in [0.2, 0.25) is 0 Å². The van der Waals surface area contributed by atoms with Crippen LogP contribution < -0.4 is 0 Å². The van der Waals surface area contributed by atoms with Gasteiger partial charge in [-0.1, -0.05) is 0 Å². The van der Waals surface area contributed by atoms with Gasteiger partial charge in [0.15, 0.2) is 12.2 Å². The molecule has 6 heteroatoms. The first-order chi connectivity index (χ1) is 5.55. The van der Waals surface area contributed by atoms with Gasteiger partial charge in [-0.25, -0.2) is 0 Å². The molecule has 0 spiro atoms. The number of morpholine rings is 1. The highest BCUT2D eigenvalue weighted by Gasteiger charge is 2.45. The Morgan fingerprint density at radius 2 is 2.17 bits per heavy atom. The van der Waals surface area contributed by atoms with Crippen LogP contribution in [0.25, 0.3) is 0 Å². The molecule has 1 fully saturated rings. The molecule has 68 valence electrons. The Hall–Kier alpha value is -0.960. The van der Waals surface area contributed by atoms with E-state index in [9.17, 15) is 13.2 Å². The molecular formula is C6H7F3N2O. The van der Waals surface area contributed by atoms with E-state index in [2.05, 4.69) is 4.74 Å². The van der Waals surface area contributed by atoms with Crippen LogP contribution >= 0.6 is 0 Å². The van der Waals surface area contributed by atoms with E-state index in [0.29, 0.717) is 4.90 Å². The van der Waals surface area contributed by atoms with E-state index in [1.807, 2.05) is 0 Å². The van der Waals surface area contributed by atoms with Crippen molar-refractivity contribution >= 4 is 0 Å². The van der Waals surface area contributed by atoms with E-state index in [0.717, 1.165) is 0 Å². The maximum atomic E-state index is 12.1. The van der Waals surface area contributed by atoms with Gasteiger partial charge in [-0.3, -0.25) is 4.90 Å². The van der Waals surface area contributed by atoms with E-state index < -0.39 is 18.8 Å². The summed E-state index contributed by atoms with van der Waals surface area (Å²) in [5.74, 6) is 0.